The molecular formula is C18H21FN2O5. The molecule has 1 fully saturated rings. The molecule has 0 aromatic heterocycles. The summed E-state index contributed by atoms with van der Waals surface area (Å²) in [5, 5.41) is 0. The summed E-state index contributed by atoms with van der Waals surface area (Å²) in [5.41, 5.74) is 5.57. The summed E-state index contributed by atoms with van der Waals surface area (Å²) in [7, 11) is 0. The topological polar surface area (TPSA) is 107 Å². The van der Waals surface area contributed by atoms with Crippen LogP contribution in [-0.4, -0.2) is 48.2 Å². The van der Waals surface area contributed by atoms with Crippen LogP contribution in [0.5, 0.6) is 0 Å². The number of esters is 1. The van der Waals surface area contributed by atoms with Crippen LogP contribution < -0.4 is 5.73 Å². The van der Waals surface area contributed by atoms with E-state index in [2.05, 4.69) is 0 Å². The fraction of sp³-hybridized carbons (Fsp3) is 0.444. The molecule has 1 aliphatic heterocycles. The molecule has 0 aliphatic carbocycles. The Bertz CT molecular complexity index is 689. The van der Waals surface area contributed by atoms with Gasteiger partial charge in [0.1, 0.15) is 5.82 Å². The van der Waals surface area contributed by atoms with E-state index in [0.717, 1.165) is 0 Å². The summed E-state index contributed by atoms with van der Waals surface area (Å²) >= 11 is 0. The van der Waals surface area contributed by atoms with Crippen LogP contribution in [0, 0.1) is 11.7 Å². The summed E-state index contributed by atoms with van der Waals surface area (Å²) in [4.78, 5) is 48.3. The zero-order chi connectivity index (χ0) is 19.1. The summed E-state index contributed by atoms with van der Waals surface area (Å²) in [6, 6.07) is 5.03. The van der Waals surface area contributed by atoms with Gasteiger partial charge in [0.05, 0.1) is 12.3 Å². The molecule has 1 aromatic rings. The molecular weight excluding hydrogens is 343 g/mol. The molecule has 2 amide bonds. The number of halogens is 1. The van der Waals surface area contributed by atoms with Crippen molar-refractivity contribution in [2.24, 2.45) is 11.7 Å². The second kappa shape index (κ2) is 9.07. The van der Waals surface area contributed by atoms with E-state index in [-0.39, 0.29) is 31.1 Å². The normalized spacial score (nSPS) is 16.8. The first kappa shape index (κ1) is 19.6. The molecule has 1 aliphatic rings. The number of piperidine rings is 1. The number of ketones is 1. The molecule has 8 heteroatoms. The lowest BCUT2D eigenvalue weighted by Crippen LogP contribution is -2.45. The molecule has 140 valence electrons. The molecule has 0 spiro atoms. The first-order chi connectivity index (χ1) is 12.4. The van der Waals surface area contributed by atoms with Crippen molar-refractivity contribution in [3.05, 3.63) is 35.6 Å². The third kappa shape index (κ3) is 5.65. The first-order valence-electron chi connectivity index (χ1n) is 8.38. The van der Waals surface area contributed by atoms with Gasteiger partial charge in [0.15, 0.2) is 12.4 Å². The van der Waals surface area contributed by atoms with Crippen molar-refractivity contribution in [1.29, 1.82) is 0 Å². The molecule has 0 saturated carbocycles. The van der Waals surface area contributed by atoms with Crippen molar-refractivity contribution < 1.29 is 28.3 Å². The summed E-state index contributed by atoms with van der Waals surface area (Å²) in [6.07, 6.45) is 1.05. The van der Waals surface area contributed by atoms with Gasteiger partial charge in [-0.2, -0.15) is 0 Å². The van der Waals surface area contributed by atoms with Crippen molar-refractivity contribution >= 4 is 23.6 Å². The second-order valence-electron chi connectivity index (χ2n) is 6.17. The number of nitrogens with two attached hydrogens (primary N) is 1. The Kier molecular flexibility index (Phi) is 6.82. The molecule has 1 atom stereocenters. The summed E-state index contributed by atoms with van der Waals surface area (Å²) in [5.74, 6) is -2.65. The van der Waals surface area contributed by atoms with E-state index in [1.807, 2.05) is 0 Å². The summed E-state index contributed by atoms with van der Waals surface area (Å²) < 4.78 is 17.7. The van der Waals surface area contributed by atoms with Crippen LogP contribution in [0.1, 0.15) is 36.0 Å². The second-order valence-corrected chi connectivity index (χ2v) is 6.17. The van der Waals surface area contributed by atoms with Gasteiger partial charge >= 0.3 is 5.97 Å². The molecule has 1 saturated heterocycles. The molecule has 1 aromatic carbocycles. The Morgan fingerprint density at radius 1 is 1.15 bits per heavy atom. The largest absolute Gasteiger partial charge is 0.456 e. The van der Waals surface area contributed by atoms with Gasteiger partial charge < -0.3 is 15.4 Å². The number of primary amides is 1. The lowest BCUT2D eigenvalue weighted by Gasteiger charge is -2.31. The molecule has 0 radical (unpaired) electrons. The van der Waals surface area contributed by atoms with E-state index in [4.69, 9.17) is 10.5 Å². The summed E-state index contributed by atoms with van der Waals surface area (Å²) in [6.45, 7) is 0.285. The predicted molar refractivity (Wildman–Crippen MR) is 89.4 cm³/mol. The Morgan fingerprint density at radius 3 is 2.50 bits per heavy atom. The van der Waals surface area contributed by atoms with Crippen LogP contribution in [0.4, 0.5) is 4.39 Å². The Hall–Kier alpha value is -2.77. The van der Waals surface area contributed by atoms with Gasteiger partial charge in [-0.3, -0.25) is 19.2 Å². The lowest BCUT2D eigenvalue weighted by molar-refractivity contribution is -0.153. The van der Waals surface area contributed by atoms with Crippen LogP contribution in [0.2, 0.25) is 0 Å². The fourth-order valence-electron chi connectivity index (χ4n) is 2.74. The Labute approximate surface area is 150 Å². The lowest BCUT2D eigenvalue weighted by atomic mass is 9.97. The van der Waals surface area contributed by atoms with E-state index >= 15 is 0 Å². The van der Waals surface area contributed by atoms with E-state index in [1.54, 1.807) is 0 Å². The average Bonchev–Trinajstić information content (AvgIpc) is 2.64. The molecule has 7 nitrogen and oxygen atoms in total. The Balaban J connectivity index is 1.72. The number of ether oxygens (including phenoxy) is 1. The molecule has 1 heterocycles. The van der Waals surface area contributed by atoms with Gasteiger partial charge in [-0.05, 0) is 37.1 Å². The highest BCUT2D eigenvalue weighted by Crippen LogP contribution is 2.16. The van der Waals surface area contributed by atoms with Crippen LogP contribution in [0.15, 0.2) is 24.3 Å². The van der Waals surface area contributed by atoms with Crippen molar-refractivity contribution in [3.63, 3.8) is 0 Å². The number of nitrogens with zero attached hydrogens (tertiary/aromatic N) is 1. The number of carbonyl (C=O) groups is 4. The maximum Gasteiger partial charge on any atom is 0.306 e. The number of carbonyl (C=O) groups excluding carboxylic acids is 4. The third-order valence-corrected chi connectivity index (χ3v) is 4.26. The van der Waals surface area contributed by atoms with E-state index in [9.17, 15) is 23.6 Å². The number of benzene rings is 1. The standard InChI is InChI=1S/C18H21FN2O5/c19-14-5-3-12(4-6-14)15(22)7-8-17(24)26-11-16(23)21-9-1-2-13(10-21)18(20)25/h3-6,13H,1-2,7-11H2,(H2,20,25)/t13-/m1/s1. The number of rotatable bonds is 7. The van der Waals surface area contributed by atoms with Gasteiger partial charge in [0.25, 0.3) is 5.91 Å². The quantitative estimate of drug-likeness (QED) is 0.575. The maximum atomic E-state index is 12.8. The number of hydrogen-bond acceptors (Lipinski definition) is 5. The monoisotopic (exact) mass is 364 g/mol. The minimum atomic E-state index is -0.669. The molecule has 0 unspecified atom stereocenters. The molecule has 2 rings (SSSR count). The SMILES string of the molecule is NC(=O)[C@@H]1CCCN(C(=O)COC(=O)CCC(=O)c2ccc(F)cc2)C1. The van der Waals surface area contributed by atoms with E-state index in [1.165, 1.54) is 29.2 Å². The minimum absolute atomic E-state index is 0.0912. The number of hydrogen-bond donors (Lipinski definition) is 1. The highest BCUT2D eigenvalue weighted by molar-refractivity contribution is 5.97. The predicted octanol–water partition coefficient (Wildman–Crippen LogP) is 1.06. The number of Topliss-reactive ketones (excluding diaryl/α,β-unsaturated/α-hetero) is 1. The van der Waals surface area contributed by atoms with Gasteiger partial charge in [-0.25, -0.2) is 4.39 Å². The van der Waals surface area contributed by atoms with Gasteiger partial charge in [-0.1, -0.05) is 0 Å². The van der Waals surface area contributed by atoms with Gasteiger partial charge in [-0.15, -0.1) is 0 Å². The van der Waals surface area contributed by atoms with Crippen LogP contribution in [0.25, 0.3) is 0 Å². The minimum Gasteiger partial charge on any atom is -0.456 e. The molecule has 2 N–H and O–H groups in total. The highest BCUT2D eigenvalue weighted by Gasteiger charge is 2.27. The molecule has 0 bridgehead atoms. The van der Waals surface area contributed by atoms with Gasteiger partial charge in [0, 0.05) is 25.1 Å². The molecule has 26 heavy (non-hydrogen) atoms. The van der Waals surface area contributed by atoms with Gasteiger partial charge in [0.2, 0.25) is 5.91 Å². The average molecular weight is 364 g/mol. The van der Waals surface area contributed by atoms with Crippen molar-refractivity contribution in [1.82, 2.24) is 4.90 Å². The smallest absolute Gasteiger partial charge is 0.306 e. The first-order valence-corrected chi connectivity index (χ1v) is 8.38. The van der Waals surface area contributed by atoms with E-state index in [0.29, 0.717) is 24.9 Å². The van der Waals surface area contributed by atoms with Crippen molar-refractivity contribution in [2.45, 2.75) is 25.7 Å². The van der Waals surface area contributed by atoms with Crippen LogP contribution in [0.3, 0.4) is 0 Å². The van der Waals surface area contributed by atoms with Crippen molar-refractivity contribution in [2.75, 3.05) is 19.7 Å². The number of likely N-dealkylation sites (tertiary alicyclic amines) is 1. The maximum absolute atomic E-state index is 12.8. The van der Waals surface area contributed by atoms with Crippen molar-refractivity contribution in [3.8, 4) is 0 Å². The van der Waals surface area contributed by atoms with Crippen LogP contribution >= 0.6 is 0 Å². The fourth-order valence-corrected chi connectivity index (χ4v) is 2.74. The van der Waals surface area contributed by atoms with Crippen LogP contribution in [-0.2, 0) is 19.1 Å². The zero-order valence-corrected chi connectivity index (χ0v) is 14.3. The third-order valence-electron chi connectivity index (χ3n) is 4.26. The zero-order valence-electron chi connectivity index (χ0n) is 14.3. The number of amides is 2. The Morgan fingerprint density at radius 2 is 1.85 bits per heavy atom. The highest BCUT2D eigenvalue weighted by atomic mass is 19.1. The van der Waals surface area contributed by atoms with E-state index < -0.39 is 30.2 Å².